The maximum atomic E-state index is 11.9. The zero-order valence-electron chi connectivity index (χ0n) is 16.0. The van der Waals surface area contributed by atoms with Crippen LogP contribution in [0.2, 0.25) is 0 Å². The van der Waals surface area contributed by atoms with Crippen molar-refractivity contribution in [3.8, 4) is 11.5 Å². The van der Waals surface area contributed by atoms with Crippen molar-refractivity contribution >= 4 is 11.5 Å². The predicted molar refractivity (Wildman–Crippen MR) is 106 cm³/mol. The molecule has 4 rings (SSSR count). The van der Waals surface area contributed by atoms with Crippen molar-refractivity contribution in [1.29, 1.82) is 0 Å². The van der Waals surface area contributed by atoms with Crippen LogP contribution < -0.4 is 14.4 Å². The molecule has 5 heteroatoms. The molecule has 0 fully saturated rings. The van der Waals surface area contributed by atoms with Gasteiger partial charge >= 0.3 is 0 Å². The molecule has 2 heterocycles. The molecule has 2 aliphatic heterocycles. The van der Waals surface area contributed by atoms with Gasteiger partial charge in [0.1, 0.15) is 5.75 Å². The summed E-state index contributed by atoms with van der Waals surface area (Å²) in [5.41, 5.74) is 0.612. The molecule has 0 radical (unpaired) electrons. The Hall–Kier alpha value is -2.53. The summed E-state index contributed by atoms with van der Waals surface area (Å²) in [5, 5.41) is 11.9. The summed E-state index contributed by atoms with van der Waals surface area (Å²) in [6.07, 6.45) is 4.47. The molecule has 142 valence electrons. The van der Waals surface area contributed by atoms with E-state index >= 15 is 0 Å². The summed E-state index contributed by atoms with van der Waals surface area (Å²) in [6.45, 7) is 1.52. The zero-order valence-corrected chi connectivity index (χ0v) is 16.0. The van der Waals surface area contributed by atoms with Crippen molar-refractivity contribution in [3.05, 3.63) is 54.1 Å². The third-order valence-electron chi connectivity index (χ3n) is 5.61. The topological polar surface area (TPSA) is 44.9 Å². The van der Waals surface area contributed by atoms with Gasteiger partial charge in [0.2, 0.25) is 0 Å². The van der Waals surface area contributed by atoms with Gasteiger partial charge in [0.05, 0.1) is 20.8 Å². The van der Waals surface area contributed by atoms with Gasteiger partial charge in [-0.15, -0.1) is 0 Å². The lowest BCUT2D eigenvalue weighted by atomic mass is 9.99. The van der Waals surface area contributed by atoms with Gasteiger partial charge in [0, 0.05) is 12.0 Å². The molecule has 0 bridgehead atoms. The van der Waals surface area contributed by atoms with E-state index in [9.17, 15) is 5.11 Å². The van der Waals surface area contributed by atoms with Crippen LogP contribution in [0.4, 0.5) is 5.69 Å². The minimum Gasteiger partial charge on any atom is -0.497 e. The third kappa shape index (κ3) is 3.06. The Morgan fingerprint density at radius 1 is 0.963 bits per heavy atom. The van der Waals surface area contributed by atoms with E-state index in [-0.39, 0.29) is 0 Å². The second-order valence-electron chi connectivity index (χ2n) is 7.20. The van der Waals surface area contributed by atoms with Crippen LogP contribution in [-0.4, -0.2) is 42.8 Å². The Labute approximate surface area is 160 Å². The van der Waals surface area contributed by atoms with E-state index in [1.54, 1.807) is 14.2 Å². The Morgan fingerprint density at radius 2 is 1.74 bits per heavy atom. The van der Waals surface area contributed by atoms with Gasteiger partial charge in [-0.05, 0) is 55.7 Å². The number of aliphatic hydroxyl groups is 1. The van der Waals surface area contributed by atoms with E-state index in [0.717, 1.165) is 48.6 Å². The molecule has 27 heavy (non-hydrogen) atoms. The largest absolute Gasteiger partial charge is 0.497 e. The third-order valence-corrected chi connectivity index (χ3v) is 5.61. The monoisotopic (exact) mass is 367 g/mol. The highest BCUT2D eigenvalue weighted by Crippen LogP contribution is 2.41. The Morgan fingerprint density at radius 3 is 2.48 bits per heavy atom. The van der Waals surface area contributed by atoms with Crippen LogP contribution in [0.3, 0.4) is 0 Å². The van der Waals surface area contributed by atoms with Crippen LogP contribution in [0.5, 0.6) is 11.5 Å². The molecule has 0 spiro atoms. The van der Waals surface area contributed by atoms with Gasteiger partial charge in [-0.1, -0.05) is 12.1 Å². The molecule has 2 aliphatic rings. The number of amidine groups is 1. The highest BCUT2D eigenvalue weighted by atomic mass is 16.5. The van der Waals surface area contributed by atoms with E-state index in [1.165, 1.54) is 12.3 Å². The predicted octanol–water partition coefficient (Wildman–Crippen LogP) is 3.35. The molecule has 0 aliphatic carbocycles. The minimum absolute atomic E-state index is 0.548. The fourth-order valence-corrected chi connectivity index (χ4v) is 4.25. The fourth-order valence-electron chi connectivity index (χ4n) is 4.25. The SMILES string of the molecule is COc1ccc([C@@]2(O)C[N+]3=C(CCCCC3)N2c2ccccc2OC)cc1. The molecule has 1 N–H and O–H groups in total. The fraction of sp³-hybridized carbons (Fsp3) is 0.409. The van der Waals surface area contributed by atoms with E-state index < -0.39 is 5.72 Å². The van der Waals surface area contributed by atoms with E-state index in [0.29, 0.717) is 6.54 Å². The molecular formula is C22H27N2O3+. The summed E-state index contributed by atoms with van der Waals surface area (Å²) in [4.78, 5) is 2.08. The molecule has 0 amide bonds. The average Bonchev–Trinajstić information content (AvgIpc) is 2.83. The van der Waals surface area contributed by atoms with Crippen molar-refractivity contribution in [2.45, 2.75) is 31.4 Å². The Kier molecular flexibility index (Phi) is 4.79. The number of ether oxygens (including phenoxy) is 2. The molecule has 0 unspecified atom stereocenters. The lowest BCUT2D eigenvalue weighted by Crippen LogP contribution is -2.47. The van der Waals surface area contributed by atoms with Gasteiger partial charge in [-0.25, -0.2) is 0 Å². The van der Waals surface area contributed by atoms with Gasteiger partial charge in [0.15, 0.2) is 18.0 Å². The van der Waals surface area contributed by atoms with Crippen LogP contribution in [0.1, 0.15) is 31.2 Å². The first-order chi connectivity index (χ1) is 13.2. The molecule has 5 nitrogen and oxygen atoms in total. The molecular weight excluding hydrogens is 340 g/mol. The van der Waals surface area contributed by atoms with Crippen LogP contribution in [-0.2, 0) is 5.72 Å². The number of benzene rings is 2. The molecule has 2 aromatic carbocycles. The smallest absolute Gasteiger partial charge is 0.275 e. The quantitative estimate of drug-likeness (QED) is 0.842. The molecule has 0 aromatic heterocycles. The number of hydrogen-bond donors (Lipinski definition) is 1. The number of methoxy groups -OCH3 is 2. The van der Waals surface area contributed by atoms with E-state index in [2.05, 4.69) is 9.48 Å². The normalized spacial score (nSPS) is 22.4. The lowest BCUT2D eigenvalue weighted by Gasteiger charge is -2.30. The van der Waals surface area contributed by atoms with Gasteiger partial charge in [0.25, 0.3) is 11.6 Å². The van der Waals surface area contributed by atoms with Crippen molar-refractivity contribution in [1.82, 2.24) is 0 Å². The highest BCUT2D eigenvalue weighted by molar-refractivity contribution is 5.98. The first kappa shape index (κ1) is 17.9. The maximum absolute atomic E-state index is 11.9. The number of nitrogens with zero attached hydrogens (tertiary/aromatic N) is 2. The lowest BCUT2D eigenvalue weighted by molar-refractivity contribution is -0.534. The van der Waals surface area contributed by atoms with Crippen LogP contribution in [0.15, 0.2) is 48.5 Å². The summed E-state index contributed by atoms with van der Waals surface area (Å²) in [5.74, 6) is 2.73. The standard InChI is InChI=1S/C22H27N2O3/c1-26-18-13-11-17(12-14-18)22(25)16-23-15-7-3-4-10-21(23)24(22)19-8-5-6-9-20(19)27-2/h5-6,8-9,11-14,25H,3-4,7,10,15-16H2,1-2H3/q+1/t22-/m0/s1. The van der Waals surface area contributed by atoms with E-state index in [4.69, 9.17) is 9.47 Å². The average molecular weight is 367 g/mol. The summed E-state index contributed by atoms with van der Waals surface area (Å²) in [7, 11) is 3.33. The van der Waals surface area contributed by atoms with Crippen molar-refractivity contribution in [3.63, 3.8) is 0 Å². The molecule has 2 aromatic rings. The van der Waals surface area contributed by atoms with Crippen molar-refractivity contribution < 1.29 is 19.2 Å². The van der Waals surface area contributed by atoms with Crippen LogP contribution in [0.25, 0.3) is 0 Å². The second-order valence-corrected chi connectivity index (χ2v) is 7.20. The highest BCUT2D eigenvalue weighted by Gasteiger charge is 2.54. The molecule has 1 atom stereocenters. The van der Waals surface area contributed by atoms with Gasteiger partial charge in [-0.3, -0.25) is 4.58 Å². The number of para-hydroxylation sites is 2. The van der Waals surface area contributed by atoms with E-state index in [1.807, 2.05) is 48.5 Å². The van der Waals surface area contributed by atoms with Crippen LogP contribution >= 0.6 is 0 Å². The Bertz CT molecular complexity index is 847. The minimum atomic E-state index is -1.15. The first-order valence-corrected chi connectivity index (χ1v) is 9.58. The second kappa shape index (κ2) is 7.24. The van der Waals surface area contributed by atoms with Crippen LogP contribution in [0, 0.1) is 0 Å². The van der Waals surface area contributed by atoms with Crippen molar-refractivity contribution in [2.24, 2.45) is 0 Å². The molecule has 0 saturated carbocycles. The summed E-state index contributed by atoms with van der Waals surface area (Å²) < 4.78 is 13.3. The number of anilines is 1. The summed E-state index contributed by atoms with van der Waals surface area (Å²) >= 11 is 0. The number of rotatable bonds is 4. The number of hydrogen-bond acceptors (Lipinski definition) is 4. The van der Waals surface area contributed by atoms with Crippen molar-refractivity contribution in [2.75, 3.05) is 32.2 Å². The molecule has 0 saturated heterocycles. The van der Waals surface area contributed by atoms with Gasteiger partial charge in [-0.2, -0.15) is 4.90 Å². The summed E-state index contributed by atoms with van der Waals surface area (Å²) in [6, 6.07) is 15.6. The first-order valence-electron chi connectivity index (χ1n) is 9.58. The van der Waals surface area contributed by atoms with Gasteiger partial charge < -0.3 is 14.6 Å². The maximum Gasteiger partial charge on any atom is 0.275 e. The zero-order chi connectivity index (χ0) is 18.9. The Balaban J connectivity index is 1.85.